The van der Waals surface area contributed by atoms with E-state index in [0.29, 0.717) is 12.6 Å². The summed E-state index contributed by atoms with van der Waals surface area (Å²) in [6.45, 7) is 4.73. The summed E-state index contributed by atoms with van der Waals surface area (Å²) >= 11 is 0. The molecule has 2 N–H and O–H groups in total. The highest BCUT2D eigenvalue weighted by atomic mass is 127. The minimum atomic E-state index is 0. The lowest BCUT2D eigenvalue weighted by molar-refractivity contribution is 0.223. The Bertz CT molecular complexity index is 755. The quantitative estimate of drug-likeness (QED) is 0.339. The van der Waals surface area contributed by atoms with Crippen molar-refractivity contribution in [1.82, 2.24) is 10.6 Å². The Morgan fingerprint density at radius 2 is 1.83 bits per heavy atom. The van der Waals surface area contributed by atoms with Gasteiger partial charge in [0.15, 0.2) is 5.96 Å². The molecule has 158 valence electrons. The molecule has 2 aromatic rings. The number of hydrogen-bond acceptors (Lipinski definition) is 4. The smallest absolute Gasteiger partial charge is 0.191 e. The van der Waals surface area contributed by atoms with Crippen LogP contribution in [-0.2, 0) is 0 Å². The van der Waals surface area contributed by atoms with Gasteiger partial charge in [0, 0.05) is 31.9 Å². The van der Waals surface area contributed by atoms with Crippen LogP contribution in [0.4, 0.5) is 5.69 Å². The summed E-state index contributed by atoms with van der Waals surface area (Å²) in [5, 5.41) is 6.89. The van der Waals surface area contributed by atoms with Crippen molar-refractivity contribution in [2.24, 2.45) is 4.99 Å². The van der Waals surface area contributed by atoms with Gasteiger partial charge in [-0.2, -0.15) is 0 Å². The van der Waals surface area contributed by atoms with Crippen LogP contribution in [0.25, 0.3) is 0 Å². The SMILES string of the molecule is CN=C(NCC(C)Oc1ccc(OC)cc1)NC1CCN(c2ccccc2)C1.I. The summed E-state index contributed by atoms with van der Waals surface area (Å²) in [5.74, 6) is 2.46. The fourth-order valence-electron chi connectivity index (χ4n) is 3.31. The van der Waals surface area contributed by atoms with E-state index in [0.717, 1.165) is 37.0 Å². The zero-order chi connectivity index (χ0) is 19.8. The number of ether oxygens (including phenoxy) is 2. The number of guanidine groups is 1. The molecule has 1 heterocycles. The highest BCUT2D eigenvalue weighted by molar-refractivity contribution is 14.0. The van der Waals surface area contributed by atoms with Crippen molar-refractivity contribution < 1.29 is 9.47 Å². The first-order chi connectivity index (χ1) is 13.7. The van der Waals surface area contributed by atoms with Gasteiger partial charge in [0.05, 0.1) is 13.7 Å². The number of rotatable bonds is 7. The highest BCUT2D eigenvalue weighted by Crippen LogP contribution is 2.20. The van der Waals surface area contributed by atoms with E-state index >= 15 is 0 Å². The molecule has 1 aliphatic rings. The fourth-order valence-corrected chi connectivity index (χ4v) is 3.31. The Morgan fingerprint density at radius 1 is 1.14 bits per heavy atom. The number of nitrogens with one attached hydrogen (secondary N) is 2. The average molecular weight is 510 g/mol. The van der Waals surface area contributed by atoms with Gasteiger partial charge in [0.2, 0.25) is 0 Å². The molecule has 2 atom stereocenters. The first-order valence-electron chi connectivity index (χ1n) is 9.76. The Balaban J connectivity index is 0.00000300. The van der Waals surface area contributed by atoms with Gasteiger partial charge in [0.1, 0.15) is 17.6 Å². The van der Waals surface area contributed by atoms with Crippen LogP contribution in [0.3, 0.4) is 0 Å². The van der Waals surface area contributed by atoms with Crippen LogP contribution in [-0.4, -0.2) is 51.9 Å². The van der Waals surface area contributed by atoms with E-state index in [9.17, 15) is 0 Å². The van der Waals surface area contributed by atoms with E-state index in [2.05, 4.69) is 50.9 Å². The summed E-state index contributed by atoms with van der Waals surface area (Å²) in [4.78, 5) is 6.76. The first-order valence-corrected chi connectivity index (χ1v) is 9.76. The van der Waals surface area contributed by atoms with Gasteiger partial charge in [-0.25, -0.2) is 0 Å². The van der Waals surface area contributed by atoms with Crippen molar-refractivity contribution in [3.05, 3.63) is 54.6 Å². The molecule has 7 heteroatoms. The van der Waals surface area contributed by atoms with Gasteiger partial charge >= 0.3 is 0 Å². The lowest BCUT2D eigenvalue weighted by Crippen LogP contribution is -2.47. The third-order valence-electron chi connectivity index (χ3n) is 4.83. The van der Waals surface area contributed by atoms with Crippen LogP contribution < -0.4 is 25.0 Å². The van der Waals surface area contributed by atoms with E-state index in [1.807, 2.05) is 31.2 Å². The van der Waals surface area contributed by atoms with Gasteiger partial charge in [0.25, 0.3) is 0 Å². The monoisotopic (exact) mass is 510 g/mol. The molecule has 0 aromatic heterocycles. The van der Waals surface area contributed by atoms with E-state index in [4.69, 9.17) is 9.47 Å². The molecule has 0 aliphatic carbocycles. The van der Waals surface area contributed by atoms with Crippen LogP contribution in [0.1, 0.15) is 13.3 Å². The zero-order valence-electron chi connectivity index (χ0n) is 17.3. The van der Waals surface area contributed by atoms with Crippen molar-refractivity contribution in [3.8, 4) is 11.5 Å². The highest BCUT2D eigenvalue weighted by Gasteiger charge is 2.23. The number of anilines is 1. The van der Waals surface area contributed by atoms with Gasteiger partial charge in [-0.3, -0.25) is 4.99 Å². The molecular formula is C22H31IN4O2. The fraction of sp³-hybridized carbons (Fsp3) is 0.409. The maximum atomic E-state index is 5.94. The Hall–Kier alpha value is -2.16. The van der Waals surface area contributed by atoms with Crippen LogP contribution in [0.2, 0.25) is 0 Å². The standard InChI is InChI=1S/C22H30N4O2.HI/c1-17(28-21-11-9-20(27-3)10-12-21)15-24-22(23-2)25-18-13-14-26(16-18)19-7-5-4-6-8-19;/h4-12,17-18H,13-16H2,1-3H3,(H2,23,24,25);1H. The van der Waals surface area contributed by atoms with Crippen LogP contribution >= 0.6 is 24.0 Å². The van der Waals surface area contributed by atoms with E-state index in [1.165, 1.54) is 5.69 Å². The molecule has 2 aromatic carbocycles. The lowest BCUT2D eigenvalue weighted by atomic mass is 10.2. The topological polar surface area (TPSA) is 58.1 Å². The first kappa shape index (κ1) is 23.1. The molecule has 3 rings (SSSR count). The second kappa shape index (κ2) is 11.7. The van der Waals surface area contributed by atoms with Crippen LogP contribution in [0, 0.1) is 0 Å². The van der Waals surface area contributed by atoms with Gasteiger partial charge < -0.3 is 25.0 Å². The van der Waals surface area contributed by atoms with Crippen molar-refractivity contribution in [2.45, 2.75) is 25.5 Å². The number of halogens is 1. The molecule has 0 saturated carbocycles. The number of para-hydroxylation sites is 1. The maximum absolute atomic E-state index is 5.94. The predicted octanol–water partition coefficient (Wildman–Crippen LogP) is 3.52. The van der Waals surface area contributed by atoms with Crippen molar-refractivity contribution in [2.75, 3.05) is 38.7 Å². The van der Waals surface area contributed by atoms with E-state index in [1.54, 1.807) is 14.2 Å². The molecule has 0 amide bonds. The summed E-state index contributed by atoms with van der Waals surface area (Å²) in [6.07, 6.45) is 1.10. The molecule has 0 radical (unpaired) electrons. The van der Waals surface area contributed by atoms with Crippen molar-refractivity contribution in [1.29, 1.82) is 0 Å². The van der Waals surface area contributed by atoms with E-state index < -0.39 is 0 Å². The van der Waals surface area contributed by atoms with Gasteiger partial charge in [-0.15, -0.1) is 24.0 Å². The zero-order valence-corrected chi connectivity index (χ0v) is 19.6. The molecule has 6 nitrogen and oxygen atoms in total. The van der Waals surface area contributed by atoms with Gasteiger partial charge in [-0.1, -0.05) is 18.2 Å². The van der Waals surface area contributed by atoms with Crippen LogP contribution in [0.15, 0.2) is 59.6 Å². The van der Waals surface area contributed by atoms with Crippen molar-refractivity contribution >= 4 is 35.6 Å². The molecular weight excluding hydrogens is 479 g/mol. The normalized spacial score (nSPS) is 17.3. The predicted molar refractivity (Wildman–Crippen MR) is 130 cm³/mol. The summed E-state index contributed by atoms with van der Waals surface area (Å²) in [6, 6.07) is 18.5. The number of benzene rings is 2. The minimum Gasteiger partial charge on any atom is -0.497 e. The molecule has 29 heavy (non-hydrogen) atoms. The summed E-state index contributed by atoms with van der Waals surface area (Å²) in [7, 11) is 3.46. The second-order valence-corrected chi connectivity index (χ2v) is 6.97. The molecule has 0 bridgehead atoms. The molecule has 1 fully saturated rings. The molecule has 1 aliphatic heterocycles. The molecule has 2 unspecified atom stereocenters. The lowest BCUT2D eigenvalue weighted by Gasteiger charge is -2.21. The maximum Gasteiger partial charge on any atom is 0.191 e. The summed E-state index contributed by atoms with van der Waals surface area (Å²) < 4.78 is 11.1. The van der Waals surface area contributed by atoms with Gasteiger partial charge in [-0.05, 0) is 49.7 Å². The Morgan fingerprint density at radius 3 is 2.48 bits per heavy atom. The Labute approximate surface area is 190 Å². The molecule has 0 spiro atoms. The van der Waals surface area contributed by atoms with Crippen molar-refractivity contribution in [3.63, 3.8) is 0 Å². The average Bonchev–Trinajstić information content (AvgIpc) is 3.21. The number of nitrogens with zero attached hydrogens (tertiary/aromatic N) is 2. The third-order valence-corrected chi connectivity index (χ3v) is 4.83. The second-order valence-electron chi connectivity index (χ2n) is 6.97. The summed E-state index contributed by atoms with van der Waals surface area (Å²) in [5.41, 5.74) is 1.27. The number of aliphatic imine (C=N–C) groups is 1. The third kappa shape index (κ3) is 6.99. The Kier molecular flexibility index (Phi) is 9.37. The number of methoxy groups -OCH3 is 1. The molecule has 1 saturated heterocycles. The largest absolute Gasteiger partial charge is 0.497 e. The van der Waals surface area contributed by atoms with E-state index in [-0.39, 0.29) is 30.1 Å². The van der Waals surface area contributed by atoms with Crippen LogP contribution in [0.5, 0.6) is 11.5 Å². The minimum absolute atomic E-state index is 0. The number of hydrogen-bond donors (Lipinski definition) is 2.